The van der Waals surface area contributed by atoms with Crippen LogP contribution >= 0.6 is 0 Å². The van der Waals surface area contributed by atoms with E-state index in [0.717, 1.165) is 6.20 Å². The molecule has 1 aromatic heterocycles. The lowest BCUT2D eigenvalue weighted by Crippen LogP contribution is -2.43. The van der Waals surface area contributed by atoms with Crippen molar-refractivity contribution in [1.29, 1.82) is 0 Å². The monoisotopic (exact) mass is 235 g/mol. The molecule has 1 unspecified atom stereocenters. The summed E-state index contributed by atoms with van der Waals surface area (Å²) in [7, 11) is -3.68. The van der Waals surface area contributed by atoms with E-state index in [0.29, 0.717) is 0 Å². The minimum absolute atomic E-state index is 0.0174. The lowest BCUT2D eigenvalue weighted by Gasteiger charge is -2.20. The highest BCUT2D eigenvalue weighted by molar-refractivity contribution is 7.89. The summed E-state index contributed by atoms with van der Waals surface area (Å²) in [5.74, 6) is 0. The van der Waals surface area contributed by atoms with Crippen molar-refractivity contribution in [2.24, 2.45) is 0 Å². The Balaban J connectivity index is 2.67. The highest BCUT2D eigenvalue weighted by Gasteiger charge is 2.23. The molecule has 1 heterocycles. The molecule has 15 heavy (non-hydrogen) atoms. The van der Waals surface area contributed by atoms with Crippen molar-refractivity contribution in [3.05, 3.63) is 12.4 Å². The quantitative estimate of drug-likeness (QED) is 0.492. The van der Waals surface area contributed by atoms with E-state index in [-0.39, 0.29) is 11.4 Å². The molecule has 0 saturated carbocycles. The second-order valence-electron chi connectivity index (χ2n) is 3.41. The third-order valence-corrected chi connectivity index (χ3v) is 3.14. The van der Waals surface area contributed by atoms with Crippen LogP contribution in [0.1, 0.15) is 6.92 Å². The Hall–Kier alpha value is -0.960. The van der Waals surface area contributed by atoms with E-state index in [2.05, 4.69) is 14.9 Å². The van der Waals surface area contributed by atoms with E-state index in [1.54, 1.807) is 0 Å². The molecule has 0 bridgehead atoms. The topological polar surface area (TPSA) is 115 Å². The van der Waals surface area contributed by atoms with Crippen molar-refractivity contribution in [3.63, 3.8) is 0 Å². The van der Waals surface area contributed by atoms with Gasteiger partial charge in [0.1, 0.15) is 4.90 Å². The maximum absolute atomic E-state index is 11.5. The predicted molar refractivity (Wildman–Crippen MR) is 51.5 cm³/mol. The molecule has 0 spiro atoms. The second kappa shape index (κ2) is 4.27. The lowest BCUT2D eigenvalue weighted by atomic mass is 10.1. The number of hydrogen-bond acceptors (Lipinski definition) is 5. The van der Waals surface area contributed by atoms with E-state index in [1.807, 2.05) is 0 Å². The molecule has 0 aliphatic heterocycles. The SMILES string of the molecule is CC(O)(CO)CNS(=O)(=O)c1cn[nH]c1. The number of nitrogens with one attached hydrogen (secondary N) is 2. The first-order valence-electron chi connectivity index (χ1n) is 4.19. The molecule has 0 aromatic carbocycles. The van der Waals surface area contributed by atoms with Crippen molar-refractivity contribution < 1.29 is 18.6 Å². The summed E-state index contributed by atoms with van der Waals surface area (Å²) in [4.78, 5) is -0.0174. The van der Waals surface area contributed by atoms with Gasteiger partial charge in [0.2, 0.25) is 10.0 Å². The van der Waals surface area contributed by atoms with Crippen LogP contribution in [0.3, 0.4) is 0 Å². The zero-order valence-electron chi connectivity index (χ0n) is 8.14. The molecular formula is C7H13N3O4S. The second-order valence-corrected chi connectivity index (χ2v) is 5.18. The number of sulfonamides is 1. The number of aliphatic hydroxyl groups is 2. The summed E-state index contributed by atoms with van der Waals surface area (Å²) in [5, 5.41) is 24.0. The van der Waals surface area contributed by atoms with E-state index in [4.69, 9.17) is 5.11 Å². The maximum Gasteiger partial charge on any atom is 0.243 e. The van der Waals surface area contributed by atoms with Gasteiger partial charge in [-0.05, 0) is 6.92 Å². The van der Waals surface area contributed by atoms with Crippen LogP contribution in [0.5, 0.6) is 0 Å². The maximum atomic E-state index is 11.5. The molecule has 7 nitrogen and oxygen atoms in total. The normalized spacial score (nSPS) is 16.2. The van der Waals surface area contributed by atoms with Gasteiger partial charge in [0.25, 0.3) is 0 Å². The number of nitrogens with zero attached hydrogens (tertiary/aromatic N) is 1. The van der Waals surface area contributed by atoms with Crippen LogP contribution in [0.25, 0.3) is 0 Å². The molecule has 4 N–H and O–H groups in total. The van der Waals surface area contributed by atoms with Crippen LogP contribution in [0, 0.1) is 0 Å². The molecule has 86 valence electrons. The highest BCUT2D eigenvalue weighted by Crippen LogP contribution is 2.06. The number of aromatic amines is 1. The smallest absolute Gasteiger partial charge is 0.243 e. The van der Waals surface area contributed by atoms with Crippen molar-refractivity contribution in [2.75, 3.05) is 13.2 Å². The number of H-pyrrole nitrogens is 1. The first kappa shape index (κ1) is 12.1. The molecular weight excluding hydrogens is 222 g/mol. The van der Waals surface area contributed by atoms with Crippen molar-refractivity contribution in [3.8, 4) is 0 Å². The fourth-order valence-corrected chi connectivity index (χ4v) is 1.84. The Morgan fingerprint density at radius 1 is 1.67 bits per heavy atom. The Labute approximate surface area is 87.2 Å². The van der Waals surface area contributed by atoms with Gasteiger partial charge in [-0.15, -0.1) is 0 Å². The van der Waals surface area contributed by atoms with Gasteiger partial charge in [0, 0.05) is 12.7 Å². The third-order valence-electron chi connectivity index (χ3n) is 1.77. The van der Waals surface area contributed by atoms with Crippen LogP contribution in [0.15, 0.2) is 17.3 Å². The van der Waals surface area contributed by atoms with Crippen LogP contribution in [0.4, 0.5) is 0 Å². The van der Waals surface area contributed by atoms with Crippen LogP contribution < -0.4 is 4.72 Å². The molecule has 1 rings (SSSR count). The average Bonchev–Trinajstić information content (AvgIpc) is 2.69. The minimum Gasteiger partial charge on any atom is -0.393 e. The summed E-state index contributed by atoms with van der Waals surface area (Å²) in [6.45, 7) is 0.531. The first-order chi connectivity index (χ1) is 6.87. The van der Waals surface area contributed by atoms with E-state index in [1.165, 1.54) is 13.1 Å². The number of aromatic nitrogens is 2. The van der Waals surface area contributed by atoms with Gasteiger partial charge in [-0.2, -0.15) is 5.10 Å². The Morgan fingerprint density at radius 2 is 2.33 bits per heavy atom. The fourth-order valence-electron chi connectivity index (χ4n) is 0.776. The molecule has 1 atom stereocenters. The van der Waals surface area contributed by atoms with Gasteiger partial charge in [-0.25, -0.2) is 13.1 Å². The summed E-state index contributed by atoms with van der Waals surface area (Å²) >= 11 is 0. The van der Waals surface area contributed by atoms with E-state index in [9.17, 15) is 13.5 Å². The number of hydrogen-bond donors (Lipinski definition) is 4. The van der Waals surface area contributed by atoms with Crippen molar-refractivity contribution in [1.82, 2.24) is 14.9 Å². The van der Waals surface area contributed by atoms with Crippen molar-refractivity contribution in [2.45, 2.75) is 17.4 Å². The Morgan fingerprint density at radius 3 is 2.80 bits per heavy atom. The van der Waals surface area contributed by atoms with Gasteiger partial charge in [0.05, 0.1) is 18.4 Å². The standard InChI is InChI=1S/C7H13N3O4S/c1-7(12,5-11)4-10-15(13,14)6-2-8-9-3-6/h2-3,10-12H,4-5H2,1H3,(H,8,9). The third kappa shape index (κ3) is 3.27. The number of aliphatic hydroxyl groups excluding tert-OH is 1. The first-order valence-corrected chi connectivity index (χ1v) is 5.67. The van der Waals surface area contributed by atoms with Gasteiger partial charge in [-0.1, -0.05) is 0 Å². The molecule has 0 fully saturated rings. The number of rotatable bonds is 5. The Bertz CT molecular complexity index is 398. The van der Waals surface area contributed by atoms with Gasteiger partial charge < -0.3 is 10.2 Å². The summed E-state index contributed by atoms with van der Waals surface area (Å²) in [6.07, 6.45) is 2.37. The summed E-state index contributed by atoms with van der Waals surface area (Å²) < 4.78 is 25.1. The Kier molecular flexibility index (Phi) is 3.45. The summed E-state index contributed by atoms with van der Waals surface area (Å²) in [6, 6.07) is 0. The van der Waals surface area contributed by atoms with Crippen LogP contribution in [-0.4, -0.2) is 47.6 Å². The molecule has 8 heteroatoms. The van der Waals surface area contributed by atoms with Gasteiger partial charge in [0.15, 0.2) is 0 Å². The zero-order valence-corrected chi connectivity index (χ0v) is 8.95. The van der Waals surface area contributed by atoms with Crippen LogP contribution in [-0.2, 0) is 10.0 Å². The zero-order chi connectivity index (χ0) is 11.5. The molecule has 0 saturated heterocycles. The predicted octanol–water partition coefficient (Wildman–Crippen LogP) is -1.57. The molecule has 1 aromatic rings. The average molecular weight is 235 g/mol. The minimum atomic E-state index is -3.68. The largest absolute Gasteiger partial charge is 0.393 e. The molecule has 0 amide bonds. The van der Waals surface area contributed by atoms with Gasteiger partial charge in [-0.3, -0.25) is 5.10 Å². The fraction of sp³-hybridized carbons (Fsp3) is 0.571. The van der Waals surface area contributed by atoms with Crippen LogP contribution in [0.2, 0.25) is 0 Å². The molecule has 0 aliphatic rings. The lowest BCUT2D eigenvalue weighted by molar-refractivity contribution is 0.00681. The van der Waals surface area contributed by atoms with Gasteiger partial charge >= 0.3 is 0 Å². The van der Waals surface area contributed by atoms with E-state index < -0.39 is 22.2 Å². The van der Waals surface area contributed by atoms with Crippen molar-refractivity contribution >= 4 is 10.0 Å². The molecule has 0 aliphatic carbocycles. The summed E-state index contributed by atoms with van der Waals surface area (Å²) in [5.41, 5.74) is -1.48. The van der Waals surface area contributed by atoms with E-state index >= 15 is 0 Å². The molecule has 0 radical (unpaired) electrons. The highest BCUT2D eigenvalue weighted by atomic mass is 32.2.